The van der Waals surface area contributed by atoms with Crippen LogP contribution in [0.4, 0.5) is 10.5 Å². The van der Waals surface area contributed by atoms with E-state index in [1.165, 1.54) is 0 Å². The van der Waals surface area contributed by atoms with Gasteiger partial charge in [-0.25, -0.2) is 4.79 Å². The molecule has 30 heavy (non-hydrogen) atoms. The fraction of sp³-hybridized carbons (Fsp3) is 0.227. The molecule has 0 fully saturated rings. The number of amides is 2. The smallest absolute Gasteiger partial charge is 0.404 e. The summed E-state index contributed by atoms with van der Waals surface area (Å²) in [5.41, 5.74) is 4.82. The van der Waals surface area contributed by atoms with E-state index in [-0.39, 0.29) is 11.9 Å². The average molecular weight is 425 g/mol. The number of carbonyl (C=O) groups is 2. The van der Waals surface area contributed by atoms with Crippen LogP contribution in [0.25, 0.3) is 11.1 Å². The van der Waals surface area contributed by atoms with Crippen molar-refractivity contribution in [2.45, 2.75) is 31.8 Å². The SMILES string of the molecule is O=C(O)N[C@H](CCn1cc(-c2ccc3c(c2)CC(=O)N3)cn1)Cc1ccc(Cl)cc1. The number of carboxylic acid groups (broad SMARTS) is 1. The van der Waals surface area contributed by atoms with Crippen molar-refractivity contribution in [2.75, 3.05) is 5.32 Å². The third-order valence-electron chi connectivity index (χ3n) is 5.13. The highest BCUT2D eigenvalue weighted by molar-refractivity contribution is 6.30. The Morgan fingerprint density at radius 1 is 1.23 bits per heavy atom. The number of nitrogens with zero attached hydrogens (tertiary/aromatic N) is 2. The van der Waals surface area contributed by atoms with E-state index in [1.54, 1.807) is 18.3 Å². The minimum absolute atomic E-state index is 0.00973. The highest BCUT2D eigenvalue weighted by Gasteiger charge is 2.18. The topological polar surface area (TPSA) is 96.2 Å². The predicted octanol–water partition coefficient (Wildman–Crippen LogP) is 3.97. The van der Waals surface area contributed by atoms with E-state index in [0.717, 1.165) is 27.9 Å². The van der Waals surface area contributed by atoms with Crippen LogP contribution < -0.4 is 10.6 Å². The van der Waals surface area contributed by atoms with Crippen molar-refractivity contribution in [2.24, 2.45) is 0 Å². The number of aryl methyl sites for hydroxylation is 1. The largest absolute Gasteiger partial charge is 0.465 e. The zero-order valence-electron chi connectivity index (χ0n) is 16.1. The number of anilines is 1. The molecule has 0 aliphatic carbocycles. The maximum atomic E-state index is 11.5. The minimum atomic E-state index is -1.04. The average Bonchev–Trinajstić information content (AvgIpc) is 3.32. The first-order chi connectivity index (χ1) is 14.5. The van der Waals surface area contributed by atoms with E-state index in [1.807, 2.05) is 41.2 Å². The summed E-state index contributed by atoms with van der Waals surface area (Å²) in [6, 6.07) is 13.0. The number of hydrogen-bond acceptors (Lipinski definition) is 3. The molecule has 0 spiro atoms. The van der Waals surface area contributed by atoms with Crippen LogP contribution in [0.15, 0.2) is 54.9 Å². The molecule has 2 aromatic carbocycles. The first-order valence-electron chi connectivity index (χ1n) is 9.66. The number of rotatable bonds is 7. The summed E-state index contributed by atoms with van der Waals surface area (Å²) in [5, 5.41) is 19.6. The van der Waals surface area contributed by atoms with E-state index in [4.69, 9.17) is 16.7 Å². The molecule has 4 rings (SSSR count). The van der Waals surface area contributed by atoms with Gasteiger partial charge in [0.05, 0.1) is 12.6 Å². The lowest BCUT2D eigenvalue weighted by Crippen LogP contribution is -2.36. The molecule has 3 N–H and O–H groups in total. The van der Waals surface area contributed by atoms with Gasteiger partial charge in [-0.1, -0.05) is 29.8 Å². The molecule has 1 aliphatic heterocycles. The summed E-state index contributed by atoms with van der Waals surface area (Å²) < 4.78 is 1.81. The van der Waals surface area contributed by atoms with E-state index in [0.29, 0.717) is 30.8 Å². The number of benzene rings is 2. The number of halogens is 1. The molecule has 0 radical (unpaired) electrons. The lowest BCUT2D eigenvalue weighted by atomic mass is 10.0. The zero-order valence-corrected chi connectivity index (χ0v) is 16.9. The summed E-state index contributed by atoms with van der Waals surface area (Å²) in [5.74, 6) is 0.00973. The molecular weight excluding hydrogens is 404 g/mol. The standard InChI is InChI=1S/C22H21ClN4O3/c23-18-4-1-14(2-5-18)9-19(25-22(29)30)7-8-27-13-17(12-24-27)15-3-6-20-16(10-15)11-21(28)26-20/h1-6,10,12-13,19,25H,7-9,11H2,(H,26,28)(H,29,30)/t19-/m1/s1. The fourth-order valence-electron chi connectivity index (χ4n) is 3.64. The summed E-state index contributed by atoms with van der Waals surface area (Å²) >= 11 is 5.92. The van der Waals surface area contributed by atoms with Crippen molar-refractivity contribution in [1.82, 2.24) is 15.1 Å². The van der Waals surface area contributed by atoms with Crippen LogP contribution in [0, 0.1) is 0 Å². The molecule has 0 bridgehead atoms. The lowest BCUT2D eigenvalue weighted by molar-refractivity contribution is -0.115. The third kappa shape index (κ3) is 4.80. The number of aromatic nitrogens is 2. The van der Waals surface area contributed by atoms with Crippen molar-refractivity contribution in [3.8, 4) is 11.1 Å². The van der Waals surface area contributed by atoms with Gasteiger partial charge in [-0.3, -0.25) is 9.48 Å². The van der Waals surface area contributed by atoms with Gasteiger partial charge in [0, 0.05) is 35.1 Å². The van der Waals surface area contributed by atoms with Gasteiger partial charge >= 0.3 is 6.09 Å². The van der Waals surface area contributed by atoms with Crippen LogP contribution in [-0.4, -0.2) is 32.9 Å². The van der Waals surface area contributed by atoms with E-state index < -0.39 is 6.09 Å². The maximum absolute atomic E-state index is 11.5. The normalized spacial score (nSPS) is 13.6. The van der Waals surface area contributed by atoms with Gasteiger partial charge in [0.1, 0.15) is 0 Å². The van der Waals surface area contributed by atoms with Gasteiger partial charge in [0.25, 0.3) is 0 Å². The van der Waals surface area contributed by atoms with Gasteiger partial charge in [0.2, 0.25) is 5.91 Å². The van der Waals surface area contributed by atoms with Crippen LogP contribution in [0.1, 0.15) is 17.5 Å². The molecule has 3 aromatic rings. The minimum Gasteiger partial charge on any atom is -0.465 e. The molecule has 8 heteroatoms. The van der Waals surface area contributed by atoms with Crippen LogP contribution in [0.5, 0.6) is 0 Å². The first kappa shape index (κ1) is 20.0. The molecule has 1 aliphatic rings. The molecule has 154 valence electrons. The fourth-order valence-corrected chi connectivity index (χ4v) is 3.76. The monoisotopic (exact) mass is 424 g/mol. The number of nitrogens with one attached hydrogen (secondary N) is 2. The second-order valence-electron chi connectivity index (χ2n) is 7.35. The maximum Gasteiger partial charge on any atom is 0.404 e. The van der Waals surface area contributed by atoms with Crippen molar-refractivity contribution in [3.05, 3.63) is 71.0 Å². The summed E-state index contributed by atoms with van der Waals surface area (Å²) in [4.78, 5) is 22.7. The summed E-state index contributed by atoms with van der Waals surface area (Å²) in [6.45, 7) is 0.573. The van der Waals surface area contributed by atoms with Crippen molar-refractivity contribution in [1.29, 1.82) is 0 Å². The Morgan fingerprint density at radius 2 is 2.03 bits per heavy atom. The molecule has 1 atom stereocenters. The van der Waals surface area contributed by atoms with Gasteiger partial charge in [-0.2, -0.15) is 5.10 Å². The first-order valence-corrected chi connectivity index (χ1v) is 10.0. The molecule has 2 heterocycles. The summed E-state index contributed by atoms with van der Waals surface area (Å²) in [6.07, 6.45) is 4.24. The third-order valence-corrected chi connectivity index (χ3v) is 5.38. The van der Waals surface area contributed by atoms with Crippen LogP contribution in [-0.2, 0) is 24.2 Å². The van der Waals surface area contributed by atoms with Gasteiger partial charge in [0.15, 0.2) is 0 Å². The second-order valence-corrected chi connectivity index (χ2v) is 7.79. The van der Waals surface area contributed by atoms with Crippen molar-refractivity contribution < 1.29 is 14.7 Å². The Hall–Kier alpha value is -3.32. The highest BCUT2D eigenvalue weighted by atomic mass is 35.5. The van der Waals surface area contributed by atoms with E-state index in [9.17, 15) is 9.59 Å². The molecular formula is C22H21ClN4O3. The Balaban J connectivity index is 1.41. The molecule has 1 aromatic heterocycles. The van der Waals surface area contributed by atoms with Gasteiger partial charge in [-0.05, 0) is 53.8 Å². The number of carbonyl (C=O) groups excluding carboxylic acids is 1. The highest BCUT2D eigenvalue weighted by Crippen LogP contribution is 2.28. The predicted molar refractivity (Wildman–Crippen MR) is 115 cm³/mol. The second kappa shape index (κ2) is 8.59. The molecule has 0 saturated heterocycles. The Bertz CT molecular complexity index is 1080. The van der Waals surface area contributed by atoms with Crippen LogP contribution in [0.3, 0.4) is 0 Å². The van der Waals surface area contributed by atoms with Gasteiger partial charge < -0.3 is 15.7 Å². The Kier molecular flexibility index (Phi) is 5.72. The van der Waals surface area contributed by atoms with E-state index >= 15 is 0 Å². The van der Waals surface area contributed by atoms with Crippen molar-refractivity contribution >= 4 is 29.3 Å². The quantitative estimate of drug-likeness (QED) is 0.534. The Morgan fingerprint density at radius 3 is 2.80 bits per heavy atom. The van der Waals surface area contributed by atoms with Crippen LogP contribution in [0.2, 0.25) is 5.02 Å². The van der Waals surface area contributed by atoms with Crippen molar-refractivity contribution in [3.63, 3.8) is 0 Å². The summed E-state index contributed by atoms with van der Waals surface area (Å²) in [7, 11) is 0. The van der Waals surface area contributed by atoms with E-state index in [2.05, 4.69) is 15.7 Å². The number of hydrogen-bond donors (Lipinski definition) is 3. The Labute approximate surface area is 178 Å². The molecule has 7 nitrogen and oxygen atoms in total. The molecule has 2 amide bonds. The lowest BCUT2D eigenvalue weighted by Gasteiger charge is -2.17. The zero-order chi connectivity index (χ0) is 21.1. The number of fused-ring (bicyclic) bond motifs is 1. The molecule has 0 unspecified atom stereocenters. The van der Waals surface area contributed by atoms with Crippen LogP contribution >= 0.6 is 11.6 Å². The van der Waals surface area contributed by atoms with Gasteiger partial charge in [-0.15, -0.1) is 0 Å². The molecule has 0 saturated carbocycles.